The molecular weight excluding hydrogens is 330 g/mol. The van der Waals surface area contributed by atoms with Crippen LogP contribution in [0, 0.1) is 0 Å². The summed E-state index contributed by atoms with van der Waals surface area (Å²) >= 11 is 0. The highest BCUT2D eigenvalue weighted by Crippen LogP contribution is 2.13. The average molecular weight is 357 g/mol. The van der Waals surface area contributed by atoms with E-state index in [1.807, 2.05) is 18.2 Å². The molecule has 0 radical (unpaired) electrons. The molecule has 1 amide bonds. The second-order valence-corrected chi connectivity index (χ2v) is 7.00. The number of aromatic nitrogens is 2. The van der Waals surface area contributed by atoms with E-state index in [-0.39, 0.29) is 23.9 Å². The van der Waals surface area contributed by atoms with E-state index in [4.69, 9.17) is 0 Å². The summed E-state index contributed by atoms with van der Waals surface area (Å²) in [6.07, 6.45) is 1.05. The quantitative estimate of drug-likeness (QED) is 0.792. The van der Waals surface area contributed by atoms with Gasteiger partial charge in [-0.05, 0) is 19.5 Å². The summed E-state index contributed by atoms with van der Waals surface area (Å²) in [4.78, 5) is 29.1. The number of hydrogen-bond donors (Lipinski definition) is 2. The van der Waals surface area contributed by atoms with Crippen LogP contribution in [0.2, 0.25) is 0 Å². The number of hydrogen-bond acceptors (Lipinski definition) is 5. The molecule has 0 saturated carbocycles. The summed E-state index contributed by atoms with van der Waals surface area (Å²) in [6, 6.07) is 7.37. The van der Waals surface area contributed by atoms with Crippen molar-refractivity contribution in [2.45, 2.75) is 25.8 Å². The van der Waals surface area contributed by atoms with Gasteiger partial charge in [-0.2, -0.15) is 5.10 Å². The van der Waals surface area contributed by atoms with Gasteiger partial charge in [0.15, 0.2) is 0 Å². The largest absolute Gasteiger partial charge is 0.352 e. The molecular formula is C19H27N5O2. The summed E-state index contributed by atoms with van der Waals surface area (Å²) in [6.45, 7) is 7.17. The molecule has 0 bridgehead atoms. The lowest BCUT2D eigenvalue weighted by Crippen LogP contribution is -2.50. The van der Waals surface area contributed by atoms with Gasteiger partial charge in [-0.25, -0.2) is 5.10 Å². The van der Waals surface area contributed by atoms with Gasteiger partial charge in [0, 0.05) is 44.2 Å². The Morgan fingerprint density at radius 3 is 2.62 bits per heavy atom. The van der Waals surface area contributed by atoms with E-state index in [1.165, 1.54) is 0 Å². The zero-order valence-corrected chi connectivity index (χ0v) is 15.5. The molecule has 1 aliphatic heterocycles. The predicted molar refractivity (Wildman–Crippen MR) is 102 cm³/mol. The molecule has 1 aliphatic rings. The molecule has 0 unspecified atom stereocenters. The highest BCUT2D eigenvalue weighted by molar-refractivity contribution is 5.88. The van der Waals surface area contributed by atoms with Gasteiger partial charge in [0.25, 0.3) is 5.56 Å². The van der Waals surface area contributed by atoms with Crippen LogP contribution in [0.3, 0.4) is 0 Å². The van der Waals surface area contributed by atoms with E-state index in [0.717, 1.165) is 44.5 Å². The second kappa shape index (κ2) is 8.42. The fraction of sp³-hybridized carbons (Fsp3) is 0.526. The molecule has 0 aliphatic carbocycles. The number of nitrogens with one attached hydrogen (secondary N) is 2. The number of aromatic amines is 1. The normalized spacial score (nSPS) is 17.3. The van der Waals surface area contributed by atoms with Crippen LogP contribution < -0.4 is 10.9 Å². The average Bonchev–Trinajstić information content (AvgIpc) is 2.65. The zero-order valence-electron chi connectivity index (χ0n) is 15.5. The molecule has 1 atom stereocenters. The van der Waals surface area contributed by atoms with Gasteiger partial charge in [-0.1, -0.05) is 25.1 Å². The Morgan fingerprint density at radius 2 is 1.92 bits per heavy atom. The van der Waals surface area contributed by atoms with Gasteiger partial charge < -0.3 is 10.2 Å². The Balaban J connectivity index is 1.63. The summed E-state index contributed by atoms with van der Waals surface area (Å²) < 4.78 is 0. The lowest BCUT2D eigenvalue weighted by atomic mass is 10.1. The number of carbonyl (C=O) groups excluding carboxylic acids is 1. The van der Waals surface area contributed by atoms with Crippen molar-refractivity contribution in [1.82, 2.24) is 25.3 Å². The van der Waals surface area contributed by atoms with Gasteiger partial charge in [-0.15, -0.1) is 0 Å². The van der Waals surface area contributed by atoms with Crippen LogP contribution in [0.4, 0.5) is 0 Å². The van der Waals surface area contributed by atoms with Gasteiger partial charge in [0.1, 0.15) is 0 Å². The molecule has 1 saturated heterocycles. The molecule has 2 aromatic rings. The topological polar surface area (TPSA) is 81.3 Å². The van der Waals surface area contributed by atoms with Crippen molar-refractivity contribution in [2.75, 3.05) is 39.8 Å². The van der Waals surface area contributed by atoms with Crippen molar-refractivity contribution in [3.05, 3.63) is 40.3 Å². The molecule has 26 heavy (non-hydrogen) atoms. The molecule has 1 aromatic heterocycles. The number of piperazine rings is 1. The monoisotopic (exact) mass is 357 g/mol. The number of benzene rings is 1. The third-order valence-electron chi connectivity index (χ3n) is 5.04. The number of amides is 1. The lowest BCUT2D eigenvalue weighted by molar-refractivity contribution is -0.121. The van der Waals surface area contributed by atoms with E-state index in [0.29, 0.717) is 11.1 Å². The fourth-order valence-electron chi connectivity index (χ4n) is 3.36. The fourth-order valence-corrected chi connectivity index (χ4v) is 3.36. The van der Waals surface area contributed by atoms with Crippen LogP contribution in [0.1, 0.15) is 19.0 Å². The van der Waals surface area contributed by atoms with Crippen LogP contribution in [-0.4, -0.2) is 71.7 Å². The Morgan fingerprint density at radius 1 is 1.23 bits per heavy atom. The van der Waals surface area contributed by atoms with Crippen LogP contribution in [-0.2, 0) is 11.2 Å². The van der Waals surface area contributed by atoms with Crippen molar-refractivity contribution >= 4 is 16.7 Å². The maximum atomic E-state index is 12.5. The smallest absolute Gasteiger partial charge is 0.272 e. The number of carbonyl (C=O) groups is 1. The Labute approximate surface area is 153 Å². The first-order valence-electron chi connectivity index (χ1n) is 9.23. The predicted octanol–water partition coefficient (Wildman–Crippen LogP) is 0.608. The first kappa shape index (κ1) is 18.5. The summed E-state index contributed by atoms with van der Waals surface area (Å²) in [5, 5.41) is 11.0. The van der Waals surface area contributed by atoms with E-state index in [1.54, 1.807) is 6.07 Å². The lowest BCUT2D eigenvalue weighted by Gasteiger charge is -2.34. The molecule has 2 N–H and O–H groups in total. The molecule has 3 rings (SSSR count). The second-order valence-electron chi connectivity index (χ2n) is 7.00. The molecule has 2 heterocycles. The third kappa shape index (κ3) is 4.47. The number of nitrogens with zero attached hydrogens (tertiary/aromatic N) is 3. The van der Waals surface area contributed by atoms with Crippen molar-refractivity contribution in [3.8, 4) is 0 Å². The number of rotatable bonds is 6. The molecule has 7 heteroatoms. The van der Waals surface area contributed by atoms with Gasteiger partial charge >= 0.3 is 0 Å². The van der Waals surface area contributed by atoms with E-state index in [9.17, 15) is 9.59 Å². The van der Waals surface area contributed by atoms with Crippen molar-refractivity contribution in [1.29, 1.82) is 0 Å². The van der Waals surface area contributed by atoms with Gasteiger partial charge in [0.05, 0.1) is 17.5 Å². The maximum absolute atomic E-state index is 12.5. The summed E-state index contributed by atoms with van der Waals surface area (Å²) in [5.74, 6) is -0.0596. The Bertz CT molecular complexity index is 811. The van der Waals surface area contributed by atoms with Gasteiger partial charge in [0.2, 0.25) is 5.91 Å². The minimum atomic E-state index is -0.230. The first-order valence-corrected chi connectivity index (χ1v) is 9.23. The highest BCUT2D eigenvalue weighted by Gasteiger charge is 2.19. The molecule has 0 spiro atoms. The van der Waals surface area contributed by atoms with Crippen molar-refractivity contribution in [2.24, 2.45) is 0 Å². The molecule has 140 valence electrons. The third-order valence-corrected chi connectivity index (χ3v) is 5.04. The van der Waals surface area contributed by atoms with Crippen LogP contribution in [0.5, 0.6) is 0 Å². The Kier molecular flexibility index (Phi) is 6.00. The Hall–Kier alpha value is -2.25. The molecule has 1 aromatic carbocycles. The van der Waals surface area contributed by atoms with Crippen molar-refractivity contribution < 1.29 is 4.79 Å². The SMILES string of the molecule is CC[C@@H](CN1CCN(C)CC1)NC(=O)Cc1n[nH]c(=O)c2ccccc12. The number of H-pyrrole nitrogens is 1. The summed E-state index contributed by atoms with van der Waals surface area (Å²) in [7, 11) is 2.14. The number of likely N-dealkylation sites (N-methyl/N-ethyl adjacent to an activating group) is 1. The van der Waals surface area contributed by atoms with Crippen molar-refractivity contribution in [3.63, 3.8) is 0 Å². The van der Waals surface area contributed by atoms with E-state index in [2.05, 4.69) is 39.3 Å². The minimum absolute atomic E-state index is 0.0596. The first-order chi connectivity index (χ1) is 12.6. The highest BCUT2D eigenvalue weighted by atomic mass is 16.1. The van der Waals surface area contributed by atoms with E-state index >= 15 is 0 Å². The zero-order chi connectivity index (χ0) is 18.5. The van der Waals surface area contributed by atoms with Crippen LogP contribution >= 0.6 is 0 Å². The molecule has 1 fully saturated rings. The van der Waals surface area contributed by atoms with Gasteiger partial charge in [-0.3, -0.25) is 14.5 Å². The minimum Gasteiger partial charge on any atom is -0.352 e. The standard InChI is InChI=1S/C19H27N5O2/c1-3-14(13-24-10-8-23(2)9-11-24)20-18(25)12-17-15-6-4-5-7-16(15)19(26)22-21-17/h4-7,14H,3,8-13H2,1-2H3,(H,20,25)(H,22,26)/t14-/m0/s1. The number of fused-ring (bicyclic) bond motifs is 1. The molecule has 7 nitrogen and oxygen atoms in total. The van der Waals surface area contributed by atoms with E-state index < -0.39 is 0 Å². The van der Waals surface area contributed by atoms with Crippen LogP contribution in [0.25, 0.3) is 10.8 Å². The summed E-state index contributed by atoms with van der Waals surface area (Å²) in [5.41, 5.74) is 0.374. The van der Waals surface area contributed by atoms with Crippen LogP contribution in [0.15, 0.2) is 29.1 Å². The maximum Gasteiger partial charge on any atom is 0.272 e.